The highest BCUT2D eigenvalue weighted by Crippen LogP contribution is 2.27. The average molecular weight is 375 g/mol. The van der Waals surface area contributed by atoms with E-state index >= 15 is 0 Å². The Morgan fingerprint density at radius 1 is 1.19 bits per heavy atom. The molecule has 0 fully saturated rings. The summed E-state index contributed by atoms with van der Waals surface area (Å²) in [6.45, 7) is 2.59. The third kappa shape index (κ3) is 5.11. The van der Waals surface area contributed by atoms with Crippen LogP contribution in [0.5, 0.6) is 11.5 Å². The van der Waals surface area contributed by atoms with Crippen molar-refractivity contribution >= 4 is 17.7 Å². The lowest BCUT2D eigenvalue weighted by atomic mass is 10.1. The molecule has 1 heterocycles. The second-order valence-electron chi connectivity index (χ2n) is 5.66. The van der Waals surface area contributed by atoms with Gasteiger partial charge in [-0.05, 0) is 36.8 Å². The van der Waals surface area contributed by atoms with Crippen LogP contribution >= 0.6 is 11.8 Å². The van der Waals surface area contributed by atoms with Crippen molar-refractivity contribution in [1.29, 1.82) is 0 Å². The smallest absolute Gasteiger partial charge is 0.254 e. The summed E-state index contributed by atoms with van der Waals surface area (Å²) in [5.74, 6) is 1.24. The topological polar surface area (TPSA) is 73.3 Å². The molecular formula is C19H25N3O3S. The number of carbonyl (C=O) groups is 1. The molecule has 26 heavy (non-hydrogen) atoms. The van der Waals surface area contributed by atoms with Crippen molar-refractivity contribution in [3.05, 3.63) is 41.2 Å². The highest BCUT2D eigenvalue weighted by molar-refractivity contribution is 7.98. The van der Waals surface area contributed by atoms with Crippen LogP contribution in [-0.2, 0) is 12.8 Å². The van der Waals surface area contributed by atoms with E-state index in [0.29, 0.717) is 35.2 Å². The van der Waals surface area contributed by atoms with Crippen molar-refractivity contribution in [2.75, 3.05) is 27.0 Å². The third-order valence-corrected chi connectivity index (χ3v) is 4.47. The van der Waals surface area contributed by atoms with Crippen molar-refractivity contribution in [2.45, 2.75) is 31.3 Å². The van der Waals surface area contributed by atoms with Gasteiger partial charge >= 0.3 is 0 Å². The lowest BCUT2D eigenvalue weighted by Gasteiger charge is -2.11. The standard InChI is InChI=1S/C19H25N3O3S/c1-5-6-15-14(12-21-19(22-15)26-4)18(23)20-10-9-13-7-8-16(24-2)17(11-13)25-3/h7-8,11-12H,5-6,9-10H2,1-4H3,(H,20,23). The first-order valence-electron chi connectivity index (χ1n) is 8.51. The summed E-state index contributed by atoms with van der Waals surface area (Å²) in [4.78, 5) is 21.2. The number of carbonyl (C=O) groups excluding carboxylic acids is 1. The van der Waals surface area contributed by atoms with E-state index in [4.69, 9.17) is 9.47 Å². The van der Waals surface area contributed by atoms with Gasteiger partial charge in [-0.3, -0.25) is 4.79 Å². The summed E-state index contributed by atoms with van der Waals surface area (Å²) in [6.07, 6.45) is 5.92. The number of hydrogen-bond donors (Lipinski definition) is 1. The molecule has 0 spiro atoms. The molecule has 0 aliphatic carbocycles. The fourth-order valence-electron chi connectivity index (χ4n) is 2.57. The summed E-state index contributed by atoms with van der Waals surface area (Å²) in [5.41, 5.74) is 2.41. The van der Waals surface area contributed by atoms with Crippen molar-refractivity contribution in [2.24, 2.45) is 0 Å². The molecule has 140 valence electrons. The largest absolute Gasteiger partial charge is 0.493 e. The molecule has 0 bridgehead atoms. The van der Waals surface area contributed by atoms with Crippen LogP contribution in [0.1, 0.15) is 35.0 Å². The zero-order valence-corrected chi connectivity index (χ0v) is 16.5. The van der Waals surface area contributed by atoms with Crippen LogP contribution in [0, 0.1) is 0 Å². The van der Waals surface area contributed by atoms with Gasteiger partial charge in [0.15, 0.2) is 16.7 Å². The van der Waals surface area contributed by atoms with E-state index in [2.05, 4.69) is 22.2 Å². The minimum Gasteiger partial charge on any atom is -0.493 e. The van der Waals surface area contributed by atoms with Gasteiger partial charge in [-0.25, -0.2) is 9.97 Å². The van der Waals surface area contributed by atoms with Gasteiger partial charge in [0.1, 0.15) is 0 Å². The summed E-state index contributed by atoms with van der Waals surface area (Å²) in [6, 6.07) is 5.75. The zero-order valence-electron chi connectivity index (χ0n) is 15.7. The van der Waals surface area contributed by atoms with E-state index in [-0.39, 0.29) is 5.91 Å². The predicted octanol–water partition coefficient (Wildman–Crippen LogP) is 3.14. The Morgan fingerprint density at radius 2 is 1.96 bits per heavy atom. The van der Waals surface area contributed by atoms with Gasteiger partial charge in [0.05, 0.1) is 25.5 Å². The van der Waals surface area contributed by atoms with Crippen LogP contribution in [0.15, 0.2) is 29.6 Å². The molecule has 0 unspecified atom stereocenters. The van der Waals surface area contributed by atoms with Gasteiger partial charge in [-0.1, -0.05) is 31.2 Å². The minimum absolute atomic E-state index is 0.137. The van der Waals surface area contributed by atoms with E-state index in [1.807, 2.05) is 24.5 Å². The number of aryl methyl sites for hydroxylation is 1. The average Bonchev–Trinajstić information content (AvgIpc) is 2.67. The quantitative estimate of drug-likeness (QED) is 0.536. The second kappa shape index (κ2) is 10.0. The molecule has 0 radical (unpaired) electrons. The molecule has 1 N–H and O–H groups in total. The van der Waals surface area contributed by atoms with Crippen molar-refractivity contribution in [3.63, 3.8) is 0 Å². The number of hydrogen-bond acceptors (Lipinski definition) is 6. The van der Waals surface area contributed by atoms with Crippen LogP contribution in [0.25, 0.3) is 0 Å². The summed E-state index contributed by atoms with van der Waals surface area (Å²) in [7, 11) is 3.22. The number of amides is 1. The fraction of sp³-hybridized carbons (Fsp3) is 0.421. The Kier molecular flexibility index (Phi) is 7.72. The Hall–Kier alpha value is -2.28. The van der Waals surface area contributed by atoms with Crippen LogP contribution in [0.3, 0.4) is 0 Å². The van der Waals surface area contributed by atoms with Crippen molar-refractivity contribution in [1.82, 2.24) is 15.3 Å². The van der Waals surface area contributed by atoms with Crippen molar-refractivity contribution in [3.8, 4) is 11.5 Å². The fourth-order valence-corrected chi connectivity index (χ4v) is 2.93. The van der Waals surface area contributed by atoms with Crippen LogP contribution in [-0.4, -0.2) is 42.9 Å². The molecule has 1 amide bonds. The third-order valence-electron chi connectivity index (χ3n) is 3.91. The Labute approximate surface area is 158 Å². The first-order chi connectivity index (χ1) is 12.6. The predicted molar refractivity (Wildman–Crippen MR) is 103 cm³/mol. The number of rotatable bonds is 9. The molecule has 0 aliphatic heterocycles. The number of aromatic nitrogens is 2. The lowest BCUT2D eigenvalue weighted by Crippen LogP contribution is -2.27. The van der Waals surface area contributed by atoms with Gasteiger partial charge in [0.25, 0.3) is 5.91 Å². The van der Waals surface area contributed by atoms with Crippen molar-refractivity contribution < 1.29 is 14.3 Å². The molecule has 2 rings (SSSR count). The molecule has 0 saturated heterocycles. The monoisotopic (exact) mass is 375 g/mol. The maximum absolute atomic E-state index is 12.5. The molecule has 6 nitrogen and oxygen atoms in total. The minimum atomic E-state index is -0.137. The van der Waals surface area contributed by atoms with Gasteiger partial charge in [-0.15, -0.1) is 0 Å². The van der Waals surface area contributed by atoms with Gasteiger partial charge in [-0.2, -0.15) is 0 Å². The second-order valence-corrected chi connectivity index (χ2v) is 6.44. The van der Waals surface area contributed by atoms with E-state index in [0.717, 1.165) is 24.1 Å². The molecule has 0 atom stereocenters. The van der Waals surface area contributed by atoms with Crippen LogP contribution < -0.4 is 14.8 Å². The Morgan fingerprint density at radius 3 is 2.62 bits per heavy atom. The summed E-state index contributed by atoms with van der Waals surface area (Å²) < 4.78 is 10.5. The zero-order chi connectivity index (χ0) is 18.9. The van der Waals surface area contributed by atoms with Crippen LogP contribution in [0.4, 0.5) is 0 Å². The first kappa shape index (κ1) is 20.0. The number of methoxy groups -OCH3 is 2. The Bertz CT molecular complexity index is 753. The molecule has 1 aromatic carbocycles. The van der Waals surface area contributed by atoms with E-state index in [9.17, 15) is 4.79 Å². The van der Waals surface area contributed by atoms with E-state index < -0.39 is 0 Å². The number of nitrogens with zero attached hydrogens (tertiary/aromatic N) is 2. The number of nitrogens with one attached hydrogen (secondary N) is 1. The van der Waals surface area contributed by atoms with Gasteiger partial charge in [0, 0.05) is 12.7 Å². The molecule has 2 aromatic rings. The van der Waals surface area contributed by atoms with Crippen LogP contribution in [0.2, 0.25) is 0 Å². The Balaban J connectivity index is 2.01. The number of thioether (sulfide) groups is 1. The molecular weight excluding hydrogens is 350 g/mol. The van der Waals surface area contributed by atoms with Gasteiger partial charge < -0.3 is 14.8 Å². The highest BCUT2D eigenvalue weighted by atomic mass is 32.2. The highest BCUT2D eigenvalue weighted by Gasteiger charge is 2.14. The molecule has 7 heteroatoms. The van der Waals surface area contributed by atoms with E-state index in [1.54, 1.807) is 20.4 Å². The maximum atomic E-state index is 12.5. The normalized spacial score (nSPS) is 10.5. The first-order valence-corrected chi connectivity index (χ1v) is 9.74. The van der Waals surface area contributed by atoms with Gasteiger partial charge in [0.2, 0.25) is 0 Å². The van der Waals surface area contributed by atoms with E-state index in [1.165, 1.54) is 11.8 Å². The molecule has 0 saturated carbocycles. The summed E-state index contributed by atoms with van der Waals surface area (Å²) >= 11 is 1.47. The maximum Gasteiger partial charge on any atom is 0.254 e. The number of ether oxygens (including phenoxy) is 2. The number of benzene rings is 1. The lowest BCUT2D eigenvalue weighted by molar-refractivity contribution is 0.0952. The summed E-state index contributed by atoms with van der Waals surface area (Å²) in [5, 5.41) is 3.64. The molecule has 0 aliphatic rings. The SMILES string of the molecule is CCCc1nc(SC)ncc1C(=O)NCCc1ccc(OC)c(OC)c1. The molecule has 1 aromatic heterocycles.